The van der Waals surface area contributed by atoms with Gasteiger partial charge >= 0.3 is 0 Å². The molecule has 0 saturated carbocycles. The Bertz CT molecular complexity index is 140. The molecule has 0 aromatic carbocycles. The van der Waals surface area contributed by atoms with Crippen LogP contribution in [0.3, 0.4) is 0 Å². The van der Waals surface area contributed by atoms with Gasteiger partial charge in [0.2, 0.25) is 0 Å². The second-order valence-electron chi connectivity index (χ2n) is 3.57. The van der Waals surface area contributed by atoms with E-state index >= 15 is 0 Å². The molecule has 0 unspecified atom stereocenters. The summed E-state index contributed by atoms with van der Waals surface area (Å²) < 4.78 is 0. The Morgan fingerprint density at radius 3 is 1.82 bits per heavy atom. The molecule has 0 aromatic rings. The molecule has 0 radical (unpaired) electrons. The van der Waals surface area contributed by atoms with E-state index < -0.39 is 0 Å². The lowest BCUT2D eigenvalue weighted by molar-refractivity contribution is 0.341. The molecule has 0 bridgehead atoms. The lowest BCUT2D eigenvalue weighted by Gasteiger charge is -2.17. The largest absolute Gasteiger partial charge is 0.191 e. The Morgan fingerprint density at radius 2 is 1.55 bits per heavy atom. The molecule has 0 saturated heterocycles. The summed E-state index contributed by atoms with van der Waals surface area (Å²) in [7, 11) is 0. The van der Waals surface area contributed by atoms with Crippen LogP contribution >= 0.6 is 0 Å². The molecule has 64 valence electrons. The predicted molar refractivity (Wildman–Crippen MR) is 46.6 cm³/mol. The molecule has 0 N–H and O–H groups in total. The van der Waals surface area contributed by atoms with Crippen molar-refractivity contribution < 1.29 is 0 Å². The van der Waals surface area contributed by atoms with Gasteiger partial charge in [0.25, 0.3) is 0 Å². The smallest absolute Gasteiger partial charge is 0.159 e. The van der Waals surface area contributed by atoms with Crippen LogP contribution in [0.4, 0.5) is 0 Å². The molecule has 1 aliphatic rings. The van der Waals surface area contributed by atoms with Gasteiger partial charge in [-0.3, -0.25) is 0 Å². The molecule has 1 heterocycles. The quantitative estimate of drug-likeness (QED) is 0.580. The highest BCUT2D eigenvalue weighted by atomic mass is 15.4. The summed E-state index contributed by atoms with van der Waals surface area (Å²) in [6, 6.07) is 0. The Balaban J connectivity index is 2.33. The van der Waals surface area contributed by atoms with E-state index in [4.69, 9.17) is 0 Å². The van der Waals surface area contributed by atoms with Crippen LogP contribution in [0.15, 0.2) is 10.2 Å². The minimum absolute atomic E-state index is 0.0199. The van der Waals surface area contributed by atoms with Crippen LogP contribution in [0, 0.1) is 5.92 Å². The van der Waals surface area contributed by atoms with E-state index in [0.29, 0.717) is 5.92 Å². The molecule has 11 heavy (non-hydrogen) atoms. The highest BCUT2D eigenvalue weighted by molar-refractivity contribution is 4.94. The van der Waals surface area contributed by atoms with Crippen molar-refractivity contribution in [2.75, 3.05) is 0 Å². The monoisotopic (exact) mass is 154 g/mol. The standard InChI is InChI=1S/C9H18N2/c1-4-6-8(7-5-2)9(3)10-11-9/h8H,4-7H2,1-3H3. The highest BCUT2D eigenvalue weighted by Crippen LogP contribution is 2.40. The van der Waals surface area contributed by atoms with Crippen molar-refractivity contribution in [2.45, 2.75) is 52.1 Å². The summed E-state index contributed by atoms with van der Waals surface area (Å²) in [6.07, 6.45) is 5.06. The zero-order valence-corrected chi connectivity index (χ0v) is 7.80. The summed E-state index contributed by atoms with van der Waals surface area (Å²) in [5.74, 6) is 0.706. The third-order valence-electron chi connectivity index (χ3n) is 2.46. The van der Waals surface area contributed by atoms with Gasteiger partial charge in [-0.2, -0.15) is 10.2 Å². The van der Waals surface area contributed by atoms with E-state index in [1.165, 1.54) is 25.7 Å². The van der Waals surface area contributed by atoms with Gasteiger partial charge in [0.1, 0.15) is 0 Å². The fraction of sp³-hybridized carbons (Fsp3) is 1.00. The fourth-order valence-corrected chi connectivity index (χ4v) is 1.63. The van der Waals surface area contributed by atoms with Crippen molar-refractivity contribution in [3.8, 4) is 0 Å². The van der Waals surface area contributed by atoms with E-state index in [1.807, 2.05) is 0 Å². The van der Waals surface area contributed by atoms with Crippen LogP contribution in [0.5, 0.6) is 0 Å². The third-order valence-corrected chi connectivity index (χ3v) is 2.46. The van der Waals surface area contributed by atoms with Crippen molar-refractivity contribution in [2.24, 2.45) is 16.1 Å². The predicted octanol–water partition coefficient (Wildman–Crippen LogP) is 3.38. The maximum Gasteiger partial charge on any atom is 0.191 e. The molecule has 0 atom stereocenters. The molecular formula is C9H18N2. The lowest BCUT2D eigenvalue weighted by Crippen LogP contribution is -2.19. The topological polar surface area (TPSA) is 24.7 Å². The minimum atomic E-state index is 0.0199. The first-order chi connectivity index (χ1) is 5.23. The Kier molecular flexibility index (Phi) is 2.63. The average molecular weight is 154 g/mol. The SMILES string of the molecule is CCCC(CCC)C1(C)N=N1. The first-order valence-corrected chi connectivity index (χ1v) is 4.67. The van der Waals surface area contributed by atoms with Crippen LogP contribution in [0.25, 0.3) is 0 Å². The third kappa shape index (κ3) is 2.01. The second kappa shape index (κ2) is 3.33. The minimum Gasteiger partial charge on any atom is -0.159 e. The second-order valence-corrected chi connectivity index (χ2v) is 3.57. The maximum atomic E-state index is 4.10. The molecule has 2 heteroatoms. The molecule has 1 rings (SSSR count). The van der Waals surface area contributed by atoms with Gasteiger partial charge in [-0.05, 0) is 19.8 Å². The Morgan fingerprint density at radius 1 is 1.09 bits per heavy atom. The summed E-state index contributed by atoms with van der Waals surface area (Å²) in [4.78, 5) is 0. The van der Waals surface area contributed by atoms with Crippen molar-refractivity contribution in [3.05, 3.63) is 0 Å². The number of nitrogens with zero attached hydrogens (tertiary/aromatic N) is 2. The van der Waals surface area contributed by atoms with Crippen LogP contribution < -0.4 is 0 Å². The van der Waals surface area contributed by atoms with Gasteiger partial charge in [-0.15, -0.1) is 0 Å². The maximum absolute atomic E-state index is 4.10. The van der Waals surface area contributed by atoms with E-state index in [9.17, 15) is 0 Å². The van der Waals surface area contributed by atoms with Crippen LogP contribution in [-0.2, 0) is 0 Å². The van der Waals surface area contributed by atoms with Gasteiger partial charge in [0.05, 0.1) is 0 Å². The van der Waals surface area contributed by atoms with Crippen LogP contribution in [-0.4, -0.2) is 5.66 Å². The highest BCUT2D eigenvalue weighted by Gasteiger charge is 2.41. The van der Waals surface area contributed by atoms with Gasteiger partial charge in [-0.1, -0.05) is 26.7 Å². The van der Waals surface area contributed by atoms with Crippen molar-refractivity contribution >= 4 is 0 Å². The number of rotatable bonds is 5. The summed E-state index contributed by atoms with van der Waals surface area (Å²) in [5.41, 5.74) is 0.0199. The molecule has 2 nitrogen and oxygen atoms in total. The fourth-order valence-electron chi connectivity index (χ4n) is 1.63. The normalized spacial score (nSPS) is 19.3. The molecule has 0 aromatic heterocycles. The summed E-state index contributed by atoms with van der Waals surface area (Å²) >= 11 is 0. The van der Waals surface area contributed by atoms with E-state index in [2.05, 4.69) is 31.0 Å². The van der Waals surface area contributed by atoms with E-state index in [1.54, 1.807) is 0 Å². The van der Waals surface area contributed by atoms with E-state index in [0.717, 1.165) is 0 Å². The van der Waals surface area contributed by atoms with E-state index in [-0.39, 0.29) is 5.66 Å². The van der Waals surface area contributed by atoms with Gasteiger partial charge in [0.15, 0.2) is 5.66 Å². The zero-order chi connectivity index (χ0) is 8.32. The summed E-state index contributed by atoms with van der Waals surface area (Å²) in [6.45, 7) is 6.60. The van der Waals surface area contributed by atoms with Crippen molar-refractivity contribution in [1.29, 1.82) is 0 Å². The van der Waals surface area contributed by atoms with Gasteiger partial charge in [-0.25, -0.2) is 0 Å². The molecule has 0 aliphatic carbocycles. The summed E-state index contributed by atoms with van der Waals surface area (Å²) in [5, 5.41) is 8.19. The molecular weight excluding hydrogens is 136 g/mol. The first kappa shape index (κ1) is 8.69. The molecule has 0 amide bonds. The van der Waals surface area contributed by atoms with Crippen molar-refractivity contribution in [1.82, 2.24) is 0 Å². The molecule has 0 spiro atoms. The van der Waals surface area contributed by atoms with Gasteiger partial charge < -0.3 is 0 Å². The van der Waals surface area contributed by atoms with Crippen molar-refractivity contribution in [3.63, 3.8) is 0 Å². The van der Waals surface area contributed by atoms with Crippen LogP contribution in [0.2, 0.25) is 0 Å². The lowest BCUT2D eigenvalue weighted by atomic mass is 9.89. The molecule has 1 aliphatic heterocycles. The number of hydrogen-bond donors (Lipinski definition) is 0. The average Bonchev–Trinajstić information content (AvgIpc) is 2.69. The Hall–Kier alpha value is -0.400. The Labute approximate surface area is 69.1 Å². The number of hydrogen-bond acceptors (Lipinski definition) is 2. The zero-order valence-electron chi connectivity index (χ0n) is 7.80. The molecule has 0 fully saturated rings. The van der Waals surface area contributed by atoms with Crippen LogP contribution in [0.1, 0.15) is 46.5 Å². The van der Waals surface area contributed by atoms with Gasteiger partial charge in [0, 0.05) is 5.92 Å². The first-order valence-electron chi connectivity index (χ1n) is 4.67.